The molecule has 0 saturated heterocycles. The zero-order valence-corrected chi connectivity index (χ0v) is 11.9. The number of amides is 2. The highest BCUT2D eigenvalue weighted by Crippen LogP contribution is 2.23. The average Bonchev–Trinajstić information content (AvgIpc) is 2.84. The summed E-state index contributed by atoms with van der Waals surface area (Å²) >= 11 is 5.99. The van der Waals surface area contributed by atoms with Crippen LogP contribution in [0.15, 0.2) is 42.5 Å². The summed E-state index contributed by atoms with van der Waals surface area (Å²) in [6.07, 6.45) is 0.391. The number of benzene rings is 2. The van der Waals surface area contributed by atoms with Crippen LogP contribution in [0.4, 0.5) is 5.69 Å². The lowest BCUT2D eigenvalue weighted by atomic mass is 10.1. The van der Waals surface area contributed by atoms with E-state index in [2.05, 4.69) is 10.6 Å². The van der Waals surface area contributed by atoms with Crippen LogP contribution in [-0.4, -0.2) is 11.8 Å². The molecule has 106 valence electrons. The molecule has 4 nitrogen and oxygen atoms in total. The Hall–Kier alpha value is -2.33. The summed E-state index contributed by atoms with van der Waals surface area (Å²) in [4.78, 5) is 23.4. The van der Waals surface area contributed by atoms with Gasteiger partial charge in [0.2, 0.25) is 5.91 Å². The molecule has 0 aliphatic carbocycles. The second-order valence-electron chi connectivity index (χ2n) is 4.88. The van der Waals surface area contributed by atoms with E-state index in [1.165, 1.54) is 0 Å². The monoisotopic (exact) mass is 300 g/mol. The third-order valence-corrected chi connectivity index (χ3v) is 3.70. The summed E-state index contributed by atoms with van der Waals surface area (Å²) in [5, 5.41) is 6.04. The van der Waals surface area contributed by atoms with Crippen LogP contribution >= 0.6 is 11.6 Å². The van der Waals surface area contributed by atoms with Crippen molar-refractivity contribution in [1.29, 1.82) is 0 Å². The number of halogens is 1. The van der Waals surface area contributed by atoms with Gasteiger partial charge in [0.05, 0.1) is 17.0 Å². The van der Waals surface area contributed by atoms with Crippen molar-refractivity contribution in [1.82, 2.24) is 5.32 Å². The maximum absolute atomic E-state index is 12.1. The molecule has 5 heteroatoms. The van der Waals surface area contributed by atoms with Crippen LogP contribution < -0.4 is 10.6 Å². The molecular formula is C16H13ClN2O2. The molecule has 0 unspecified atom stereocenters. The van der Waals surface area contributed by atoms with Crippen LogP contribution in [0.2, 0.25) is 5.02 Å². The van der Waals surface area contributed by atoms with Crippen molar-refractivity contribution in [3.05, 3.63) is 64.2 Å². The summed E-state index contributed by atoms with van der Waals surface area (Å²) in [5.74, 6) is -0.211. The second-order valence-corrected chi connectivity index (χ2v) is 5.29. The van der Waals surface area contributed by atoms with E-state index in [9.17, 15) is 9.59 Å². The van der Waals surface area contributed by atoms with Crippen molar-refractivity contribution in [3.63, 3.8) is 0 Å². The van der Waals surface area contributed by atoms with Gasteiger partial charge >= 0.3 is 0 Å². The fraction of sp³-hybridized carbons (Fsp3) is 0.125. The zero-order valence-electron chi connectivity index (χ0n) is 11.2. The molecule has 2 aromatic rings. The average molecular weight is 301 g/mol. The topological polar surface area (TPSA) is 58.2 Å². The first-order valence-electron chi connectivity index (χ1n) is 6.58. The van der Waals surface area contributed by atoms with Gasteiger partial charge in [-0.25, -0.2) is 0 Å². The highest BCUT2D eigenvalue weighted by atomic mass is 35.5. The third-order valence-electron chi connectivity index (χ3n) is 3.37. The molecule has 3 rings (SSSR count). The predicted octanol–water partition coefficient (Wildman–Crippen LogP) is 2.76. The van der Waals surface area contributed by atoms with Crippen molar-refractivity contribution >= 4 is 29.1 Å². The first-order chi connectivity index (χ1) is 10.1. The van der Waals surface area contributed by atoms with Gasteiger partial charge in [-0.1, -0.05) is 35.9 Å². The lowest BCUT2D eigenvalue weighted by Crippen LogP contribution is -2.23. The number of anilines is 1. The normalized spacial score (nSPS) is 12.7. The molecule has 0 spiro atoms. The van der Waals surface area contributed by atoms with Gasteiger partial charge in [-0.15, -0.1) is 0 Å². The number of carbonyl (C=O) groups excluding carboxylic acids is 2. The van der Waals surface area contributed by atoms with Crippen LogP contribution in [0.3, 0.4) is 0 Å². The van der Waals surface area contributed by atoms with E-state index in [1.54, 1.807) is 24.3 Å². The number of hydrogen-bond donors (Lipinski definition) is 2. The van der Waals surface area contributed by atoms with Crippen molar-refractivity contribution < 1.29 is 9.59 Å². The summed E-state index contributed by atoms with van der Waals surface area (Å²) in [5.41, 5.74) is 3.22. The molecule has 0 fully saturated rings. The molecule has 2 N–H and O–H groups in total. The standard InChI is InChI=1S/C16H13ClN2O2/c17-13-4-2-1-3-12(13)16(21)18-9-10-5-6-14-11(7-10)8-15(20)19-14/h1-7H,8-9H2,(H,18,21)(H,19,20). The largest absolute Gasteiger partial charge is 0.348 e. The predicted molar refractivity (Wildman–Crippen MR) is 81.4 cm³/mol. The number of carbonyl (C=O) groups is 2. The number of rotatable bonds is 3. The Kier molecular flexibility index (Phi) is 3.62. The van der Waals surface area contributed by atoms with E-state index < -0.39 is 0 Å². The summed E-state index contributed by atoms with van der Waals surface area (Å²) < 4.78 is 0. The van der Waals surface area contributed by atoms with E-state index in [0.29, 0.717) is 23.6 Å². The molecule has 0 saturated carbocycles. The number of nitrogens with one attached hydrogen (secondary N) is 2. The second kappa shape index (κ2) is 5.58. The first kappa shape index (κ1) is 13.6. The Labute approximate surface area is 127 Å². The quantitative estimate of drug-likeness (QED) is 0.916. The fourth-order valence-corrected chi connectivity index (χ4v) is 2.54. The Morgan fingerprint density at radius 3 is 2.86 bits per heavy atom. The van der Waals surface area contributed by atoms with Gasteiger partial charge in [-0.05, 0) is 29.3 Å². The minimum Gasteiger partial charge on any atom is -0.348 e. The maximum Gasteiger partial charge on any atom is 0.253 e. The molecule has 21 heavy (non-hydrogen) atoms. The summed E-state index contributed by atoms with van der Waals surface area (Å²) in [6.45, 7) is 0.394. The Morgan fingerprint density at radius 2 is 2.05 bits per heavy atom. The van der Waals surface area contributed by atoms with E-state index in [4.69, 9.17) is 11.6 Å². The Bertz CT molecular complexity index is 728. The summed E-state index contributed by atoms with van der Waals surface area (Å²) in [7, 11) is 0. The van der Waals surface area contributed by atoms with Gasteiger partial charge < -0.3 is 10.6 Å². The Balaban J connectivity index is 1.69. The lowest BCUT2D eigenvalue weighted by molar-refractivity contribution is -0.115. The van der Waals surface area contributed by atoms with Gasteiger partial charge in [0.1, 0.15) is 0 Å². The lowest BCUT2D eigenvalue weighted by Gasteiger charge is -2.08. The third kappa shape index (κ3) is 2.90. The maximum atomic E-state index is 12.1. The molecule has 0 aromatic heterocycles. The van der Waals surface area contributed by atoms with Crippen LogP contribution in [-0.2, 0) is 17.8 Å². The summed E-state index contributed by atoms with van der Waals surface area (Å²) in [6, 6.07) is 12.6. The van der Waals surface area contributed by atoms with Gasteiger partial charge in [-0.2, -0.15) is 0 Å². The van der Waals surface area contributed by atoms with E-state index in [-0.39, 0.29) is 11.8 Å². The highest BCUT2D eigenvalue weighted by molar-refractivity contribution is 6.33. The first-order valence-corrected chi connectivity index (χ1v) is 6.95. The van der Waals surface area contributed by atoms with Gasteiger partial charge in [0.25, 0.3) is 5.91 Å². The highest BCUT2D eigenvalue weighted by Gasteiger charge is 2.17. The molecule has 1 heterocycles. The van der Waals surface area contributed by atoms with Gasteiger partial charge in [0, 0.05) is 12.2 Å². The van der Waals surface area contributed by atoms with Crippen molar-refractivity contribution in [3.8, 4) is 0 Å². The van der Waals surface area contributed by atoms with Gasteiger partial charge in [0.15, 0.2) is 0 Å². The molecular weight excluding hydrogens is 288 g/mol. The zero-order chi connectivity index (χ0) is 14.8. The van der Waals surface area contributed by atoms with Crippen LogP contribution in [0.25, 0.3) is 0 Å². The smallest absolute Gasteiger partial charge is 0.253 e. The molecule has 2 amide bonds. The fourth-order valence-electron chi connectivity index (χ4n) is 2.32. The molecule has 0 atom stereocenters. The molecule has 0 bridgehead atoms. The minimum atomic E-state index is -0.213. The number of fused-ring (bicyclic) bond motifs is 1. The molecule has 2 aromatic carbocycles. The van der Waals surface area contributed by atoms with Crippen LogP contribution in [0.1, 0.15) is 21.5 Å². The minimum absolute atomic E-state index is 0.00209. The van der Waals surface area contributed by atoms with Crippen molar-refractivity contribution in [2.45, 2.75) is 13.0 Å². The molecule has 1 aliphatic rings. The SMILES string of the molecule is O=C1Cc2cc(CNC(=O)c3ccccc3Cl)ccc2N1. The number of hydrogen-bond acceptors (Lipinski definition) is 2. The van der Waals surface area contributed by atoms with E-state index in [0.717, 1.165) is 16.8 Å². The molecule has 1 aliphatic heterocycles. The van der Waals surface area contributed by atoms with E-state index in [1.807, 2.05) is 18.2 Å². The van der Waals surface area contributed by atoms with Crippen molar-refractivity contribution in [2.24, 2.45) is 0 Å². The Morgan fingerprint density at radius 1 is 1.24 bits per heavy atom. The van der Waals surface area contributed by atoms with Crippen LogP contribution in [0, 0.1) is 0 Å². The molecule has 0 radical (unpaired) electrons. The van der Waals surface area contributed by atoms with Gasteiger partial charge in [-0.3, -0.25) is 9.59 Å². The van der Waals surface area contributed by atoms with Crippen LogP contribution in [0.5, 0.6) is 0 Å². The van der Waals surface area contributed by atoms with E-state index >= 15 is 0 Å². The van der Waals surface area contributed by atoms with Crippen molar-refractivity contribution in [2.75, 3.05) is 5.32 Å².